The van der Waals surface area contributed by atoms with Crippen LogP contribution >= 0.6 is 0 Å². The number of carbonyl (C=O) groups is 2. The Morgan fingerprint density at radius 2 is 2.00 bits per heavy atom. The number of hydrogen-bond donors (Lipinski definition) is 1. The van der Waals surface area contributed by atoms with Crippen LogP contribution in [0.25, 0.3) is 0 Å². The Bertz CT molecular complexity index is 501. The van der Waals surface area contributed by atoms with Crippen molar-refractivity contribution in [2.75, 3.05) is 18.1 Å². The number of nitrogens with one attached hydrogen (secondary N) is 1. The summed E-state index contributed by atoms with van der Waals surface area (Å²) in [5, 5.41) is 2.74. The molecule has 2 aliphatic heterocycles. The van der Waals surface area contributed by atoms with Crippen molar-refractivity contribution < 1.29 is 18.0 Å². The van der Waals surface area contributed by atoms with Gasteiger partial charge >= 0.3 is 0 Å². The second kappa shape index (κ2) is 5.71. The normalized spacial score (nSPS) is 31.1. The van der Waals surface area contributed by atoms with Crippen molar-refractivity contribution in [3.05, 3.63) is 0 Å². The van der Waals surface area contributed by atoms with Gasteiger partial charge in [-0.25, -0.2) is 8.42 Å². The number of rotatable bonds is 2. The third-order valence-electron chi connectivity index (χ3n) is 3.99. The van der Waals surface area contributed by atoms with Gasteiger partial charge < -0.3 is 10.2 Å². The number of sulfone groups is 1. The molecule has 1 N–H and O–H groups in total. The maximum atomic E-state index is 12.6. The molecule has 2 rings (SSSR count). The van der Waals surface area contributed by atoms with Crippen LogP contribution in [0.3, 0.4) is 0 Å². The van der Waals surface area contributed by atoms with Gasteiger partial charge in [-0.1, -0.05) is 13.8 Å². The van der Waals surface area contributed by atoms with E-state index in [-0.39, 0.29) is 41.7 Å². The second-order valence-corrected chi connectivity index (χ2v) is 8.21. The fraction of sp³-hybridized carbons (Fsp3) is 0.846. The molecule has 0 aromatic heterocycles. The van der Waals surface area contributed by atoms with Gasteiger partial charge in [0, 0.05) is 19.0 Å². The van der Waals surface area contributed by atoms with Gasteiger partial charge in [0.25, 0.3) is 0 Å². The Kier molecular flexibility index (Phi) is 4.36. The van der Waals surface area contributed by atoms with Crippen molar-refractivity contribution in [2.24, 2.45) is 5.92 Å². The lowest BCUT2D eigenvalue weighted by Gasteiger charge is -2.35. The summed E-state index contributed by atoms with van der Waals surface area (Å²) in [6.07, 6.45) is 1.53. The highest BCUT2D eigenvalue weighted by Gasteiger charge is 2.38. The van der Waals surface area contributed by atoms with Gasteiger partial charge in [0.1, 0.15) is 6.04 Å². The van der Waals surface area contributed by atoms with Crippen molar-refractivity contribution in [3.8, 4) is 0 Å². The van der Waals surface area contributed by atoms with Crippen molar-refractivity contribution in [2.45, 2.75) is 45.2 Å². The van der Waals surface area contributed by atoms with Gasteiger partial charge in [-0.05, 0) is 18.8 Å². The lowest BCUT2D eigenvalue weighted by molar-refractivity contribution is -0.136. The molecule has 114 valence electrons. The van der Waals surface area contributed by atoms with Crippen molar-refractivity contribution in [3.63, 3.8) is 0 Å². The molecule has 0 spiro atoms. The number of carbonyl (C=O) groups excluding carboxylic acids is 2. The standard InChI is InChI=1S/C13H22N2O4S/c1-9(2)12-13(17)15(6-5-11(16)14-12)10-4-3-7-20(18,19)8-10/h9-10,12H,3-8H2,1-2H3,(H,14,16). The van der Waals surface area contributed by atoms with Crippen LogP contribution in [0.4, 0.5) is 0 Å². The number of hydrogen-bond acceptors (Lipinski definition) is 4. The van der Waals surface area contributed by atoms with E-state index in [4.69, 9.17) is 0 Å². The SMILES string of the molecule is CC(C)C1NC(=O)CCN(C2CCCS(=O)(=O)C2)C1=O. The summed E-state index contributed by atoms with van der Waals surface area (Å²) in [5.74, 6) is -0.0629. The van der Waals surface area contributed by atoms with Crippen molar-refractivity contribution in [1.82, 2.24) is 10.2 Å². The molecule has 0 aromatic carbocycles. The summed E-state index contributed by atoms with van der Waals surface area (Å²) < 4.78 is 23.5. The van der Waals surface area contributed by atoms with Gasteiger partial charge in [-0.15, -0.1) is 0 Å². The molecule has 7 heteroatoms. The molecule has 0 bridgehead atoms. The lowest BCUT2D eigenvalue weighted by Crippen LogP contribution is -2.53. The molecule has 2 unspecified atom stereocenters. The molecular formula is C13H22N2O4S. The summed E-state index contributed by atoms with van der Waals surface area (Å²) in [6, 6.07) is -0.829. The highest BCUT2D eigenvalue weighted by molar-refractivity contribution is 7.91. The zero-order chi connectivity index (χ0) is 14.9. The molecule has 2 fully saturated rings. The molecule has 6 nitrogen and oxygen atoms in total. The Balaban J connectivity index is 2.20. The molecular weight excluding hydrogens is 280 g/mol. The zero-order valence-electron chi connectivity index (χ0n) is 12.0. The van der Waals surface area contributed by atoms with E-state index in [1.165, 1.54) is 0 Å². The van der Waals surface area contributed by atoms with Crippen molar-refractivity contribution >= 4 is 21.7 Å². The Morgan fingerprint density at radius 1 is 1.30 bits per heavy atom. The van der Waals surface area contributed by atoms with Gasteiger partial charge in [-0.3, -0.25) is 9.59 Å². The van der Waals surface area contributed by atoms with Gasteiger partial charge in [-0.2, -0.15) is 0 Å². The van der Waals surface area contributed by atoms with Crippen LogP contribution in [0.1, 0.15) is 33.1 Å². The smallest absolute Gasteiger partial charge is 0.245 e. The summed E-state index contributed by atoms with van der Waals surface area (Å²) in [5.41, 5.74) is 0. The maximum absolute atomic E-state index is 12.6. The monoisotopic (exact) mass is 302 g/mol. The van der Waals surface area contributed by atoms with E-state index in [9.17, 15) is 18.0 Å². The quantitative estimate of drug-likeness (QED) is 0.774. The minimum atomic E-state index is -3.07. The maximum Gasteiger partial charge on any atom is 0.245 e. The molecule has 2 amide bonds. The third-order valence-corrected chi connectivity index (χ3v) is 5.80. The van der Waals surface area contributed by atoms with E-state index in [1.807, 2.05) is 13.8 Å². The first kappa shape index (κ1) is 15.3. The fourth-order valence-electron chi connectivity index (χ4n) is 2.88. The third kappa shape index (κ3) is 3.31. The molecule has 0 aliphatic carbocycles. The van der Waals surface area contributed by atoms with Crippen LogP contribution in [0.2, 0.25) is 0 Å². The van der Waals surface area contributed by atoms with Crippen LogP contribution in [0.15, 0.2) is 0 Å². The molecule has 0 saturated carbocycles. The average molecular weight is 302 g/mol. The minimum Gasteiger partial charge on any atom is -0.344 e. The van der Waals surface area contributed by atoms with Crippen LogP contribution < -0.4 is 5.32 Å². The van der Waals surface area contributed by atoms with Crippen LogP contribution in [-0.2, 0) is 19.4 Å². The van der Waals surface area contributed by atoms with E-state index < -0.39 is 15.9 Å². The predicted molar refractivity (Wildman–Crippen MR) is 74.8 cm³/mol. The summed E-state index contributed by atoms with van der Waals surface area (Å²) in [6.45, 7) is 4.07. The van der Waals surface area contributed by atoms with E-state index in [2.05, 4.69) is 5.32 Å². The molecule has 2 atom stereocenters. The highest BCUT2D eigenvalue weighted by atomic mass is 32.2. The van der Waals surface area contributed by atoms with Crippen molar-refractivity contribution in [1.29, 1.82) is 0 Å². The van der Waals surface area contributed by atoms with Crippen LogP contribution in [0.5, 0.6) is 0 Å². The fourth-order valence-corrected chi connectivity index (χ4v) is 4.58. The Morgan fingerprint density at radius 3 is 2.60 bits per heavy atom. The highest BCUT2D eigenvalue weighted by Crippen LogP contribution is 2.21. The van der Waals surface area contributed by atoms with Gasteiger partial charge in [0.05, 0.1) is 11.5 Å². The average Bonchev–Trinajstić information content (AvgIpc) is 2.48. The number of amides is 2. The Hall–Kier alpha value is -1.11. The number of nitrogens with zero attached hydrogens (tertiary/aromatic N) is 1. The van der Waals surface area contributed by atoms with E-state index in [0.717, 1.165) is 0 Å². The topological polar surface area (TPSA) is 83.6 Å². The molecule has 0 radical (unpaired) electrons. The van der Waals surface area contributed by atoms with Crippen LogP contribution in [-0.4, -0.2) is 55.3 Å². The lowest BCUT2D eigenvalue weighted by atomic mass is 10.0. The second-order valence-electron chi connectivity index (χ2n) is 5.98. The first-order valence-corrected chi connectivity index (χ1v) is 8.92. The molecule has 0 aromatic rings. The summed E-state index contributed by atoms with van der Waals surface area (Å²) in [7, 11) is -3.07. The van der Waals surface area contributed by atoms with E-state index in [1.54, 1.807) is 4.90 Å². The first-order chi connectivity index (χ1) is 9.30. The van der Waals surface area contributed by atoms with Gasteiger partial charge in [0.15, 0.2) is 9.84 Å². The zero-order valence-corrected chi connectivity index (χ0v) is 12.8. The largest absolute Gasteiger partial charge is 0.344 e. The van der Waals surface area contributed by atoms with E-state index in [0.29, 0.717) is 19.4 Å². The first-order valence-electron chi connectivity index (χ1n) is 7.10. The Labute approximate surface area is 119 Å². The van der Waals surface area contributed by atoms with Crippen LogP contribution in [0, 0.1) is 5.92 Å². The summed E-state index contributed by atoms with van der Waals surface area (Å²) in [4.78, 5) is 25.9. The molecule has 2 saturated heterocycles. The molecule has 20 heavy (non-hydrogen) atoms. The van der Waals surface area contributed by atoms with Gasteiger partial charge in [0.2, 0.25) is 11.8 Å². The molecule has 2 aliphatic rings. The predicted octanol–water partition coefficient (Wildman–Crippen LogP) is -0.0633. The van der Waals surface area contributed by atoms with E-state index >= 15 is 0 Å². The summed E-state index contributed by atoms with van der Waals surface area (Å²) >= 11 is 0. The minimum absolute atomic E-state index is 0.00718. The molecule has 2 heterocycles.